The number of ether oxygens (including phenoxy) is 1. The number of hydrogen-bond donors (Lipinski definition) is 0. The fourth-order valence-electron chi connectivity index (χ4n) is 2.27. The molecule has 1 aliphatic heterocycles. The van der Waals surface area contributed by atoms with E-state index in [0.29, 0.717) is 11.5 Å². The standard InChI is InChI=1S/C13H19N5O/c1-19-10-9-17-5-2-6-18(8-7-17)13-12(11-14)15-3-4-16-13/h3-4H,2,5-10H2,1H3. The zero-order valence-corrected chi connectivity index (χ0v) is 11.2. The van der Waals surface area contributed by atoms with Crippen LogP contribution in [0.1, 0.15) is 12.1 Å². The van der Waals surface area contributed by atoms with Crippen LogP contribution in [0.25, 0.3) is 0 Å². The van der Waals surface area contributed by atoms with Crippen LogP contribution in [0.3, 0.4) is 0 Å². The van der Waals surface area contributed by atoms with Crippen LogP contribution < -0.4 is 4.90 Å². The Hall–Kier alpha value is -1.71. The lowest BCUT2D eigenvalue weighted by molar-refractivity contribution is 0.152. The first kappa shape index (κ1) is 13.7. The van der Waals surface area contributed by atoms with Crippen molar-refractivity contribution >= 4 is 5.82 Å². The lowest BCUT2D eigenvalue weighted by Crippen LogP contribution is -2.33. The van der Waals surface area contributed by atoms with Crippen LogP contribution in [-0.4, -0.2) is 61.3 Å². The van der Waals surface area contributed by atoms with Gasteiger partial charge >= 0.3 is 0 Å². The molecular formula is C13H19N5O. The molecule has 0 N–H and O–H groups in total. The second kappa shape index (κ2) is 7.02. The van der Waals surface area contributed by atoms with Crippen molar-refractivity contribution in [2.75, 3.05) is 51.3 Å². The number of nitriles is 1. The van der Waals surface area contributed by atoms with E-state index in [1.165, 1.54) is 0 Å². The molecule has 0 atom stereocenters. The highest BCUT2D eigenvalue weighted by molar-refractivity contribution is 5.49. The van der Waals surface area contributed by atoms with Crippen molar-refractivity contribution in [1.82, 2.24) is 14.9 Å². The van der Waals surface area contributed by atoms with Crippen molar-refractivity contribution in [3.63, 3.8) is 0 Å². The van der Waals surface area contributed by atoms with E-state index in [1.54, 1.807) is 19.5 Å². The number of nitrogens with zero attached hydrogens (tertiary/aromatic N) is 5. The molecule has 1 aliphatic rings. The summed E-state index contributed by atoms with van der Waals surface area (Å²) in [7, 11) is 1.73. The van der Waals surface area contributed by atoms with Gasteiger partial charge in [0.1, 0.15) is 6.07 Å². The van der Waals surface area contributed by atoms with E-state index in [2.05, 4.69) is 25.8 Å². The van der Waals surface area contributed by atoms with Crippen LogP contribution in [0.5, 0.6) is 0 Å². The maximum Gasteiger partial charge on any atom is 0.183 e. The Morgan fingerprint density at radius 3 is 2.89 bits per heavy atom. The van der Waals surface area contributed by atoms with Gasteiger partial charge in [0.05, 0.1) is 6.61 Å². The van der Waals surface area contributed by atoms with Gasteiger partial charge in [-0.15, -0.1) is 0 Å². The molecule has 0 saturated carbocycles. The molecule has 0 amide bonds. The van der Waals surface area contributed by atoms with Gasteiger partial charge in [-0.2, -0.15) is 5.26 Å². The number of rotatable bonds is 4. The van der Waals surface area contributed by atoms with Crippen molar-refractivity contribution in [1.29, 1.82) is 5.26 Å². The summed E-state index contributed by atoms with van der Waals surface area (Å²) in [6.45, 7) is 5.52. The van der Waals surface area contributed by atoms with Gasteiger partial charge in [0.2, 0.25) is 0 Å². The smallest absolute Gasteiger partial charge is 0.183 e. The summed E-state index contributed by atoms with van der Waals surface area (Å²) in [5, 5.41) is 9.08. The molecule has 2 rings (SSSR count). The second-order valence-corrected chi connectivity index (χ2v) is 4.52. The van der Waals surface area contributed by atoms with Gasteiger partial charge in [0.25, 0.3) is 0 Å². The average Bonchev–Trinajstić information content (AvgIpc) is 2.70. The normalized spacial score (nSPS) is 16.9. The minimum Gasteiger partial charge on any atom is -0.383 e. The zero-order valence-electron chi connectivity index (χ0n) is 11.2. The van der Waals surface area contributed by atoms with Gasteiger partial charge in [0, 0.05) is 45.7 Å². The monoisotopic (exact) mass is 261 g/mol. The molecule has 0 aromatic carbocycles. The van der Waals surface area contributed by atoms with Crippen LogP contribution in [-0.2, 0) is 4.74 Å². The molecule has 0 spiro atoms. The molecule has 1 aromatic heterocycles. The van der Waals surface area contributed by atoms with Crippen LogP contribution in [0.2, 0.25) is 0 Å². The van der Waals surface area contributed by atoms with Crippen molar-refractivity contribution in [3.8, 4) is 6.07 Å². The quantitative estimate of drug-likeness (QED) is 0.786. The summed E-state index contributed by atoms with van der Waals surface area (Å²) >= 11 is 0. The van der Waals surface area contributed by atoms with E-state index < -0.39 is 0 Å². The maximum atomic E-state index is 9.08. The number of aromatic nitrogens is 2. The Balaban J connectivity index is 2.01. The Morgan fingerprint density at radius 1 is 1.26 bits per heavy atom. The lowest BCUT2D eigenvalue weighted by Gasteiger charge is -2.22. The minimum atomic E-state index is 0.410. The number of anilines is 1. The Bertz CT molecular complexity index is 445. The van der Waals surface area contributed by atoms with Gasteiger partial charge in [-0.1, -0.05) is 0 Å². The summed E-state index contributed by atoms with van der Waals surface area (Å²) in [5.41, 5.74) is 0.410. The minimum absolute atomic E-state index is 0.410. The summed E-state index contributed by atoms with van der Waals surface area (Å²) in [5.74, 6) is 0.707. The Morgan fingerprint density at radius 2 is 2.11 bits per heavy atom. The average molecular weight is 261 g/mol. The largest absolute Gasteiger partial charge is 0.383 e. The predicted octanol–water partition coefficient (Wildman–Crippen LogP) is 0.507. The van der Waals surface area contributed by atoms with Crippen LogP contribution >= 0.6 is 0 Å². The maximum absolute atomic E-state index is 9.08. The molecule has 1 fully saturated rings. The van der Waals surface area contributed by atoms with Gasteiger partial charge in [-0.05, 0) is 13.0 Å². The molecular weight excluding hydrogens is 242 g/mol. The summed E-state index contributed by atoms with van der Waals surface area (Å²) in [6, 6.07) is 2.11. The highest BCUT2D eigenvalue weighted by atomic mass is 16.5. The van der Waals surface area contributed by atoms with Crippen LogP contribution in [0.15, 0.2) is 12.4 Å². The third-order valence-corrected chi connectivity index (χ3v) is 3.28. The zero-order chi connectivity index (χ0) is 13.5. The third kappa shape index (κ3) is 3.63. The number of hydrogen-bond acceptors (Lipinski definition) is 6. The summed E-state index contributed by atoms with van der Waals surface area (Å²) in [6.07, 6.45) is 4.26. The molecule has 0 bridgehead atoms. The van der Waals surface area contributed by atoms with Crippen LogP contribution in [0, 0.1) is 11.3 Å². The fraction of sp³-hybridized carbons (Fsp3) is 0.615. The molecule has 19 heavy (non-hydrogen) atoms. The number of methoxy groups -OCH3 is 1. The van der Waals surface area contributed by atoms with E-state index in [1.807, 2.05) is 0 Å². The van der Waals surface area contributed by atoms with Crippen LogP contribution in [0.4, 0.5) is 5.82 Å². The molecule has 0 unspecified atom stereocenters. The van der Waals surface area contributed by atoms with Crippen molar-refractivity contribution in [2.24, 2.45) is 0 Å². The Labute approximate surface area is 113 Å². The van der Waals surface area contributed by atoms with E-state index >= 15 is 0 Å². The highest BCUT2D eigenvalue weighted by Gasteiger charge is 2.18. The fourth-order valence-corrected chi connectivity index (χ4v) is 2.27. The highest BCUT2D eigenvalue weighted by Crippen LogP contribution is 2.16. The van der Waals surface area contributed by atoms with E-state index in [0.717, 1.165) is 45.8 Å². The first-order chi connectivity index (χ1) is 9.35. The van der Waals surface area contributed by atoms with Crippen molar-refractivity contribution in [3.05, 3.63) is 18.1 Å². The van der Waals surface area contributed by atoms with Gasteiger partial charge in [-0.3, -0.25) is 4.90 Å². The molecule has 0 aliphatic carbocycles. The molecule has 0 radical (unpaired) electrons. The summed E-state index contributed by atoms with van der Waals surface area (Å²) in [4.78, 5) is 12.9. The SMILES string of the molecule is COCCN1CCCN(c2nccnc2C#N)CC1. The molecule has 1 aromatic rings. The van der Waals surface area contributed by atoms with E-state index in [-0.39, 0.29) is 0 Å². The van der Waals surface area contributed by atoms with E-state index in [9.17, 15) is 0 Å². The molecule has 1 saturated heterocycles. The molecule has 6 nitrogen and oxygen atoms in total. The van der Waals surface area contributed by atoms with Gasteiger partial charge < -0.3 is 9.64 Å². The lowest BCUT2D eigenvalue weighted by atomic mass is 10.3. The van der Waals surface area contributed by atoms with Crippen molar-refractivity contribution in [2.45, 2.75) is 6.42 Å². The topological polar surface area (TPSA) is 65.3 Å². The molecule has 6 heteroatoms. The molecule has 102 valence electrons. The summed E-state index contributed by atoms with van der Waals surface area (Å²) < 4.78 is 5.11. The first-order valence-corrected chi connectivity index (χ1v) is 6.52. The van der Waals surface area contributed by atoms with E-state index in [4.69, 9.17) is 10.00 Å². The Kier molecular flexibility index (Phi) is 5.07. The van der Waals surface area contributed by atoms with Crippen molar-refractivity contribution < 1.29 is 4.74 Å². The first-order valence-electron chi connectivity index (χ1n) is 6.52. The van der Waals surface area contributed by atoms with Gasteiger partial charge in [-0.25, -0.2) is 9.97 Å². The predicted molar refractivity (Wildman–Crippen MR) is 71.9 cm³/mol. The third-order valence-electron chi connectivity index (χ3n) is 3.28. The second-order valence-electron chi connectivity index (χ2n) is 4.52. The van der Waals surface area contributed by atoms with Gasteiger partial charge in [0.15, 0.2) is 11.5 Å². The molecule has 2 heterocycles.